The standard InChI is InChI=1S/C23H22FN7O2/c1-29(2)23(32)18-9-19(31(4)28-18)15-10-25-22(16-12-27-26-11-14(15)16)30(3)21-13-7-8-33-20(13)6-5-17(21)24/h5-6,9-12H,7-8H2,1-4H3. The van der Waals surface area contributed by atoms with E-state index in [0.717, 1.165) is 16.5 Å². The van der Waals surface area contributed by atoms with Crippen molar-refractivity contribution in [1.82, 2.24) is 29.9 Å². The van der Waals surface area contributed by atoms with Crippen molar-refractivity contribution in [2.45, 2.75) is 6.42 Å². The van der Waals surface area contributed by atoms with E-state index in [1.807, 2.05) is 0 Å². The van der Waals surface area contributed by atoms with E-state index in [0.29, 0.717) is 47.1 Å². The van der Waals surface area contributed by atoms with Crippen LogP contribution in [0.4, 0.5) is 15.9 Å². The number of nitrogens with zero attached hydrogens (tertiary/aromatic N) is 7. The molecule has 0 N–H and O–H groups in total. The van der Waals surface area contributed by atoms with E-state index in [1.54, 1.807) is 68.5 Å². The minimum atomic E-state index is -0.346. The minimum Gasteiger partial charge on any atom is -0.493 e. The molecule has 0 aliphatic carbocycles. The van der Waals surface area contributed by atoms with Crippen LogP contribution in [0, 0.1) is 5.82 Å². The lowest BCUT2D eigenvalue weighted by molar-refractivity contribution is 0.0821. The Morgan fingerprint density at radius 2 is 1.88 bits per heavy atom. The van der Waals surface area contributed by atoms with Crippen LogP contribution < -0.4 is 9.64 Å². The highest BCUT2D eigenvalue weighted by atomic mass is 19.1. The molecule has 33 heavy (non-hydrogen) atoms. The molecule has 0 saturated carbocycles. The van der Waals surface area contributed by atoms with Gasteiger partial charge in [0.05, 0.1) is 30.4 Å². The maximum Gasteiger partial charge on any atom is 0.273 e. The van der Waals surface area contributed by atoms with Crippen molar-refractivity contribution in [3.8, 4) is 17.0 Å². The molecule has 4 aromatic rings. The monoisotopic (exact) mass is 447 g/mol. The summed E-state index contributed by atoms with van der Waals surface area (Å²) in [4.78, 5) is 20.3. The molecule has 0 saturated heterocycles. The van der Waals surface area contributed by atoms with Crippen molar-refractivity contribution in [2.24, 2.45) is 7.05 Å². The van der Waals surface area contributed by atoms with Crippen molar-refractivity contribution in [1.29, 1.82) is 0 Å². The molecule has 168 valence electrons. The summed E-state index contributed by atoms with van der Waals surface area (Å²) in [5.74, 6) is 0.684. The number of aryl methyl sites for hydroxylation is 1. The molecule has 1 aliphatic heterocycles. The van der Waals surface area contributed by atoms with Crippen LogP contribution in [0.5, 0.6) is 5.75 Å². The molecule has 0 unspecified atom stereocenters. The molecule has 1 aliphatic rings. The first kappa shape index (κ1) is 20.8. The molecule has 0 radical (unpaired) electrons. The van der Waals surface area contributed by atoms with Gasteiger partial charge in [-0.15, -0.1) is 0 Å². The quantitative estimate of drug-likeness (QED) is 0.475. The normalized spacial score (nSPS) is 12.5. The van der Waals surface area contributed by atoms with Crippen molar-refractivity contribution in [2.75, 3.05) is 32.6 Å². The SMILES string of the molecule is CN(C)C(=O)c1cc(-c2cnc(N(C)c3c(F)ccc4c3CCO4)c3cnncc23)n(C)n1. The van der Waals surface area contributed by atoms with Crippen LogP contribution in [0.15, 0.2) is 36.8 Å². The molecule has 1 aromatic carbocycles. The lowest BCUT2D eigenvalue weighted by Crippen LogP contribution is -2.22. The van der Waals surface area contributed by atoms with Gasteiger partial charge in [0.1, 0.15) is 17.4 Å². The second kappa shape index (κ2) is 7.80. The van der Waals surface area contributed by atoms with E-state index < -0.39 is 0 Å². The Morgan fingerprint density at radius 1 is 1.12 bits per heavy atom. The molecule has 0 fully saturated rings. The zero-order valence-electron chi connectivity index (χ0n) is 18.7. The van der Waals surface area contributed by atoms with E-state index in [-0.39, 0.29) is 11.7 Å². The molecule has 3 aromatic heterocycles. The molecule has 1 amide bonds. The van der Waals surface area contributed by atoms with Gasteiger partial charge in [-0.2, -0.15) is 15.3 Å². The molecule has 5 rings (SSSR count). The van der Waals surface area contributed by atoms with Crippen LogP contribution in [0.3, 0.4) is 0 Å². The zero-order valence-corrected chi connectivity index (χ0v) is 18.7. The minimum absolute atomic E-state index is 0.194. The third-order valence-electron chi connectivity index (χ3n) is 5.81. The summed E-state index contributed by atoms with van der Waals surface area (Å²) < 4.78 is 22.2. The second-order valence-corrected chi connectivity index (χ2v) is 8.08. The summed E-state index contributed by atoms with van der Waals surface area (Å²) in [5.41, 5.74) is 3.03. The van der Waals surface area contributed by atoms with E-state index in [2.05, 4.69) is 20.3 Å². The first-order valence-corrected chi connectivity index (χ1v) is 10.4. The van der Waals surface area contributed by atoms with Gasteiger partial charge in [0.25, 0.3) is 5.91 Å². The number of hydrogen-bond donors (Lipinski definition) is 0. The number of halogens is 1. The lowest BCUT2D eigenvalue weighted by Gasteiger charge is -2.23. The van der Waals surface area contributed by atoms with Gasteiger partial charge in [-0.25, -0.2) is 9.37 Å². The average Bonchev–Trinajstić information content (AvgIpc) is 3.43. The van der Waals surface area contributed by atoms with Gasteiger partial charge in [-0.3, -0.25) is 9.48 Å². The summed E-state index contributed by atoms with van der Waals surface area (Å²) in [6.45, 7) is 0.521. The fourth-order valence-corrected chi connectivity index (χ4v) is 4.20. The van der Waals surface area contributed by atoms with Gasteiger partial charge < -0.3 is 14.5 Å². The Kier molecular flexibility index (Phi) is 4.92. The number of pyridine rings is 1. The number of anilines is 2. The number of benzene rings is 1. The Bertz CT molecular complexity index is 1400. The van der Waals surface area contributed by atoms with Crippen molar-refractivity contribution in [3.63, 3.8) is 0 Å². The molecular weight excluding hydrogens is 425 g/mol. The molecule has 0 bridgehead atoms. The number of ether oxygens (including phenoxy) is 1. The summed E-state index contributed by atoms with van der Waals surface area (Å²) in [7, 11) is 6.90. The van der Waals surface area contributed by atoms with Crippen LogP contribution in [0.25, 0.3) is 22.0 Å². The highest BCUT2D eigenvalue weighted by Gasteiger charge is 2.25. The maximum atomic E-state index is 14.9. The molecule has 0 atom stereocenters. The van der Waals surface area contributed by atoms with Crippen molar-refractivity contribution < 1.29 is 13.9 Å². The van der Waals surface area contributed by atoms with E-state index in [4.69, 9.17) is 4.74 Å². The number of aromatic nitrogens is 5. The van der Waals surface area contributed by atoms with Gasteiger partial charge in [-0.1, -0.05) is 0 Å². The number of amides is 1. The predicted octanol–water partition coefficient (Wildman–Crippen LogP) is 2.97. The molecule has 0 spiro atoms. The smallest absolute Gasteiger partial charge is 0.273 e. The van der Waals surface area contributed by atoms with Gasteiger partial charge >= 0.3 is 0 Å². The highest BCUT2D eigenvalue weighted by Crippen LogP contribution is 2.40. The Hall–Kier alpha value is -4.08. The van der Waals surface area contributed by atoms with E-state index >= 15 is 0 Å². The zero-order chi connectivity index (χ0) is 23.3. The van der Waals surface area contributed by atoms with E-state index in [1.165, 1.54) is 11.0 Å². The first-order chi connectivity index (χ1) is 15.9. The average molecular weight is 447 g/mol. The number of rotatable bonds is 4. The third kappa shape index (κ3) is 3.34. The number of fused-ring (bicyclic) bond motifs is 2. The molecule has 10 heteroatoms. The predicted molar refractivity (Wildman–Crippen MR) is 121 cm³/mol. The number of hydrogen-bond acceptors (Lipinski definition) is 7. The lowest BCUT2D eigenvalue weighted by atomic mass is 10.1. The molecule has 4 heterocycles. The fourth-order valence-electron chi connectivity index (χ4n) is 4.20. The van der Waals surface area contributed by atoms with Crippen LogP contribution >= 0.6 is 0 Å². The second-order valence-electron chi connectivity index (χ2n) is 8.08. The van der Waals surface area contributed by atoms with Gasteiger partial charge in [0.15, 0.2) is 5.69 Å². The third-order valence-corrected chi connectivity index (χ3v) is 5.81. The summed E-state index contributed by atoms with van der Waals surface area (Å²) in [6, 6.07) is 4.79. The van der Waals surface area contributed by atoms with Gasteiger partial charge in [-0.05, 0) is 18.2 Å². The Balaban J connectivity index is 1.66. The summed E-state index contributed by atoms with van der Waals surface area (Å²) in [6.07, 6.45) is 5.56. The summed E-state index contributed by atoms with van der Waals surface area (Å²) >= 11 is 0. The van der Waals surface area contributed by atoms with Gasteiger partial charge in [0.2, 0.25) is 0 Å². The largest absolute Gasteiger partial charge is 0.493 e. The number of carbonyl (C=O) groups is 1. The van der Waals surface area contributed by atoms with Crippen molar-refractivity contribution in [3.05, 3.63) is 53.9 Å². The number of carbonyl (C=O) groups excluding carboxylic acids is 1. The van der Waals surface area contributed by atoms with Crippen molar-refractivity contribution >= 4 is 28.2 Å². The molecule has 9 nitrogen and oxygen atoms in total. The van der Waals surface area contributed by atoms with Crippen LogP contribution in [0.1, 0.15) is 16.1 Å². The van der Waals surface area contributed by atoms with Gasteiger partial charge in [0, 0.05) is 62.7 Å². The van der Waals surface area contributed by atoms with Crippen LogP contribution in [-0.4, -0.2) is 63.5 Å². The highest BCUT2D eigenvalue weighted by molar-refractivity contribution is 6.02. The first-order valence-electron chi connectivity index (χ1n) is 10.4. The maximum absolute atomic E-state index is 14.9. The topological polar surface area (TPSA) is 89.3 Å². The van der Waals surface area contributed by atoms with E-state index in [9.17, 15) is 9.18 Å². The Labute approximate surface area is 189 Å². The van der Waals surface area contributed by atoms with Crippen LogP contribution in [-0.2, 0) is 13.5 Å². The summed E-state index contributed by atoms with van der Waals surface area (Å²) in [5, 5.41) is 13.9. The fraction of sp³-hybridized carbons (Fsp3) is 0.261. The Morgan fingerprint density at radius 3 is 2.64 bits per heavy atom. The molecular formula is C23H22FN7O2. The van der Waals surface area contributed by atoms with Crippen LogP contribution in [0.2, 0.25) is 0 Å².